The predicted octanol–water partition coefficient (Wildman–Crippen LogP) is 3.77. The van der Waals surface area contributed by atoms with E-state index < -0.39 is 0 Å². The van der Waals surface area contributed by atoms with E-state index in [0.29, 0.717) is 0 Å². The summed E-state index contributed by atoms with van der Waals surface area (Å²) >= 11 is 6.13. The average Bonchev–Trinajstić information content (AvgIpc) is 2.68. The zero-order valence-electron chi connectivity index (χ0n) is 14.2. The second-order valence-corrected chi connectivity index (χ2v) is 7.18. The number of piperazine rings is 1. The fourth-order valence-corrected chi connectivity index (χ4v) is 3.85. The summed E-state index contributed by atoms with van der Waals surface area (Å²) < 4.78 is 0. The van der Waals surface area contributed by atoms with E-state index in [9.17, 15) is 0 Å². The molecule has 2 unspecified atom stereocenters. The van der Waals surface area contributed by atoms with Crippen molar-refractivity contribution in [2.45, 2.75) is 18.4 Å². The summed E-state index contributed by atoms with van der Waals surface area (Å²) in [6, 6.07) is 19.0. The molecule has 0 aliphatic carbocycles. The predicted molar refractivity (Wildman–Crippen MR) is 103 cm³/mol. The number of aromatic nitrogens is 1. The Labute approximate surface area is 153 Å². The second-order valence-electron chi connectivity index (χ2n) is 6.75. The van der Waals surface area contributed by atoms with Crippen molar-refractivity contribution in [2.75, 3.05) is 19.6 Å². The first-order valence-corrected chi connectivity index (χ1v) is 9.04. The topological polar surface area (TPSA) is 39.0 Å². The van der Waals surface area contributed by atoms with Crippen molar-refractivity contribution in [3.05, 3.63) is 76.9 Å². The lowest BCUT2D eigenvalue weighted by molar-refractivity contribution is 0.310. The molecule has 0 amide bonds. The molecule has 1 aromatic heterocycles. The second kappa shape index (κ2) is 6.75. The number of nitrogens with one attached hydrogen (secondary N) is 1. The molecule has 127 valence electrons. The Bertz CT molecular complexity index is 872. The number of hydrogen-bond donors (Lipinski definition) is 1. The van der Waals surface area contributed by atoms with Gasteiger partial charge in [-0.25, -0.2) is 5.32 Å². The van der Waals surface area contributed by atoms with Crippen LogP contribution in [0.4, 0.5) is 0 Å². The Morgan fingerprint density at radius 1 is 1.08 bits per heavy atom. The van der Waals surface area contributed by atoms with Crippen molar-refractivity contribution in [2.24, 2.45) is 0 Å². The molecule has 1 aliphatic heterocycles. The van der Waals surface area contributed by atoms with Gasteiger partial charge in [-0.1, -0.05) is 41.9 Å². The van der Waals surface area contributed by atoms with Gasteiger partial charge in [-0.05, 0) is 42.3 Å². The Balaban J connectivity index is 1.87. The van der Waals surface area contributed by atoms with Gasteiger partial charge >= 0.3 is 0 Å². The molecule has 1 N–H and O–H groups in total. The van der Waals surface area contributed by atoms with Gasteiger partial charge < -0.3 is 5.32 Å². The molecular formula is C21H21ClN3. The maximum atomic E-state index is 6.13. The molecule has 2 heterocycles. The molecular weight excluding hydrogens is 330 g/mol. The summed E-state index contributed by atoms with van der Waals surface area (Å²) in [5.41, 5.74) is 3.25. The quantitative estimate of drug-likeness (QED) is 0.781. The van der Waals surface area contributed by atoms with Crippen molar-refractivity contribution >= 4 is 22.5 Å². The highest BCUT2D eigenvalue weighted by atomic mass is 35.5. The van der Waals surface area contributed by atoms with Crippen LogP contribution in [0.5, 0.6) is 0 Å². The Kier molecular flexibility index (Phi) is 4.46. The van der Waals surface area contributed by atoms with Gasteiger partial charge in [0.2, 0.25) is 0 Å². The van der Waals surface area contributed by atoms with Crippen LogP contribution in [0, 0.1) is 0 Å². The van der Waals surface area contributed by atoms with E-state index in [1.165, 1.54) is 11.1 Å². The Morgan fingerprint density at radius 2 is 1.88 bits per heavy atom. The Hall–Kier alpha value is -1.94. The fraction of sp³-hybridized carbons (Fsp3) is 0.286. The van der Waals surface area contributed by atoms with E-state index in [1.807, 2.05) is 24.4 Å². The zero-order chi connectivity index (χ0) is 17.3. The molecule has 2 aromatic carbocycles. The van der Waals surface area contributed by atoms with Crippen LogP contribution in [0.3, 0.4) is 0 Å². The normalized spacial score (nSPS) is 20.3. The molecule has 3 nitrogen and oxygen atoms in total. The lowest BCUT2D eigenvalue weighted by Gasteiger charge is -2.41. The lowest BCUT2D eigenvalue weighted by Crippen LogP contribution is -2.54. The molecule has 1 saturated heterocycles. The number of halogens is 1. The molecule has 25 heavy (non-hydrogen) atoms. The summed E-state index contributed by atoms with van der Waals surface area (Å²) in [4.78, 5) is 4.54. The summed E-state index contributed by atoms with van der Waals surface area (Å²) in [5.74, 6) is 0. The highest BCUT2D eigenvalue weighted by Gasteiger charge is 2.39. The highest BCUT2D eigenvalue weighted by Crippen LogP contribution is 2.37. The minimum Gasteiger partial charge on any atom is -0.314 e. The van der Waals surface area contributed by atoms with E-state index in [0.717, 1.165) is 35.6 Å². The van der Waals surface area contributed by atoms with Crippen molar-refractivity contribution in [1.29, 1.82) is 0 Å². The minimum absolute atomic E-state index is 0.170. The van der Waals surface area contributed by atoms with E-state index >= 15 is 0 Å². The SMILES string of the molecule is CC(c1ccc(Cl)cc1)(c1ccc2cccnc2c1)C1CNCC[N]1. The Morgan fingerprint density at radius 3 is 2.64 bits per heavy atom. The maximum absolute atomic E-state index is 6.13. The molecule has 1 aliphatic rings. The van der Waals surface area contributed by atoms with Crippen molar-refractivity contribution in [1.82, 2.24) is 15.6 Å². The summed E-state index contributed by atoms with van der Waals surface area (Å²) in [6.45, 7) is 4.95. The molecule has 2 atom stereocenters. The van der Waals surface area contributed by atoms with Crippen molar-refractivity contribution in [3.63, 3.8) is 0 Å². The fourth-order valence-electron chi connectivity index (χ4n) is 3.73. The first-order chi connectivity index (χ1) is 12.2. The highest BCUT2D eigenvalue weighted by molar-refractivity contribution is 6.30. The van der Waals surface area contributed by atoms with Gasteiger partial charge in [-0.3, -0.25) is 4.98 Å². The number of nitrogens with zero attached hydrogens (tertiary/aromatic N) is 2. The van der Waals surface area contributed by atoms with Gasteiger partial charge in [-0.15, -0.1) is 0 Å². The zero-order valence-corrected chi connectivity index (χ0v) is 15.0. The molecule has 4 rings (SSSR count). The molecule has 1 radical (unpaired) electrons. The minimum atomic E-state index is -0.232. The summed E-state index contributed by atoms with van der Waals surface area (Å²) in [7, 11) is 0. The van der Waals surface area contributed by atoms with Crippen LogP contribution in [0.25, 0.3) is 10.9 Å². The van der Waals surface area contributed by atoms with Crippen LogP contribution < -0.4 is 10.6 Å². The number of hydrogen-bond acceptors (Lipinski definition) is 2. The molecule has 1 fully saturated rings. The van der Waals surface area contributed by atoms with Gasteiger partial charge in [0.25, 0.3) is 0 Å². The van der Waals surface area contributed by atoms with E-state index in [-0.39, 0.29) is 11.5 Å². The van der Waals surface area contributed by atoms with Crippen molar-refractivity contribution < 1.29 is 0 Å². The largest absolute Gasteiger partial charge is 0.314 e. The van der Waals surface area contributed by atoms with Gasteiger partial charge in [0, 0.05) is 41.7 Å². The third-order valence-electron chi connectivity index (χ3n) is 5.29. The van der Waals surface area contributed by atoms with E-state index in [4.69, 9.17) is 16.9 Å². The van der Waals surface area contributed by atoms with E-state index in [1.54, 1.807) is 0 Å². The van der Waals surface area contributed by atoms with Crippen LogP contribution >= 0.6 is 11.6 Å². The van der Waals surface area contributed by atoms with Crippen LogP contribution in [0.2, 0.25) is 5.02 Å². The van der Waals surface area contributed by atoms with Crippen LogP contribution in [0.1, 0.15) is 18.1 Å². The number of rotatable bonds is 3. The van der Waals surface area contributed by atoms with E-state index in [2.05, 4.69) is 53.6 Å². The third-order valence-corrected chi connectivity index (χ3v) is 5.54. The first-order valence-electron chi connectivity index (χ1n) is 8.66. The smallest absolute Gasteiger partial charge is 0.0705 e. The number of pyridine rings is 1. The van der Waals surface area contributed by atoms with Crippen LogP contribution in [-0.2, 0) is 5.41 Å². The molecule has 4 heteroatoms. The standard InChI is InChI=1S/C21H21ClN3/c1-21(20-14-23-11-12-25-20,16-6-8-18(22)9-7-16)17-5-4-15-3-2-10-24-19(15)13-17/h2-10,13,20,23H,11-12,14H2,1H3. The number of fused-ring (bicyclic) bond motifs is 1. The van der Waals surface area contributed by atoms with Gasteiger partial charge in [0.1, 0.15) is 0 Å². The van der Waals surface area contributed by atoms with Gasteiger partial charge in [0.15, 0.2) is 0 Å². The summed E-state index contributed by atoms with van der Waals surface area (Å²) in [6.07, 6.45) is 1.85. The first kappa shape index (κ1) is 16.5. The molecule has 0 saturated carbocycles. The lowest BCUT2D eigenvalue weighted by atomic mass is 9.70. The molecule has 0 bridgehead atoms. The van der Waals surface area contributed by atoms with Crippen LogP contribution in [0.15, 0.2) is 60.8 Å². The molecule has 0 spiro atoms. The monoisotopic (exact) mass is 350 g/mol. The van der Waals surface area contributed by atoms with Crippen LogP contribution in [-0.4, -0.2) is 30.7 Å². The third kappa shape index (κ3) is 3.04. The number of benzene rings is 2. The van der Waals surface area contributed by atoms with Gasteiger partial charge in [-0.2, -0.15) is 0 Å². The van der Waals surface area contributed by atoms with Gasteiger partial charge in [0.05, 0.1) is 11.6 Å². The molecule has 3 aromatic rings. The average molecular weight is 351 g/mol. The van der Waals surface area contributed by atoms with Crippen molar-refractivity contribution in [3.8, 4) is 0 Å². The summed E-state index contributed by atoms with van der Waals surface area (Å²) in [5, 5.41) is 10.3. The maximum Gasteiger partial charge on any atom is 0.0705 e.